The molecule has 1 fully saturated rings. The van der Waals surface area contributed by atoms with E-state index in [0.717, 1.165) is 28.8 Å². The zero-order valence-electron chi connectivity index (χ0n) is 11.2. The number of benzene rings is 1. The van der Waals surface area contributed by atoms with Crippen LogP contribution in [0.15, 0.2) is 43.9 Å². The van der Waals surface area contributed by atoms with E-state index in [4.69, 9.17) is 4.42 Å². The molecule has 1 amide bonds. The fourth-order valence-corrected chi connectivity index (χ4v) is 2.56. The van der Waals surface area contributed by atoms with Crippen LogP contribution in [-0.2, 0) is 6.54 Å². The normalized spacial score (nSPS) is 14.0. The lowest BCUT2D eigenvalue weighted by molar-refractivity contribution is 0.0951. The summed E-state index contributed by atoms with van der Waals surface area (Å²) in [5, 5.41) is 6.23. The summed E-state index contributed by atoms with van der Waals surface area (Å²) in [6, 6.07) is 9.74. The van der Waals surface area contributed by atoms with Gasteiger partial charge in [-0.2, -0.15) is 0 Å². The van der Waals surface area contributed by atoms with Crippen LogP contribution in [0.25, 0.3) is 0 Å². The molecule has 0 spiro atoms. The monoisotopic (exact) mass is 412 g/mol. The average Bonchev–Trinajstić information content (AvgIpc) is 3.23. The van der Waals surface area contributed by atoms with Gasteiger partial charge in [0.15, 0.2) is 4.67 Å². The van der Waals surface area contributed by atoms with Crippen molar-refractivity contribution in [3.63, 3.8) is 0 Å². The van der Waals surface area contributed by atoms with E-state index in [2.05, 4.69) is 42.5 Å². The summed E-state index contributed by atoms with van der Waals surface area (Å²) < 4.78 is 7.07. The Bertz CT molecular complexity index is 629. The van der Waals surface area contributed by atoms with Crippen LogP contribution < -0.4 is 10.6 Å². The van der Waals surface area contributed by atoms with Crippen LogP contribution >= 0.6 is 31.9 Å². The van der Waals surface area contributed by atoms with Crippen molar-refractivity contribution in [2.75, 3.05) is 5.32 Å². The number of rotatable bonds is 5. The number of furan rings is 1. The van der Waals surface area contributed by atoms with Crippen LogP contribution in [-0.4, -0.2) is 11.9 Å². The summed E-state index contributed by atoms with van der Waals surface area (Å²) in [6.07, 6.45) is 2.19. The van der Waals surface area contributed by atoms with Gasteiger partial charge in [0, 0.05) is 17.3 Å². The van der Waals surface area contributed by atoms with Crippen molar-refractivity contribution in [2.45, 2.75) is 25.4 Å². The van der Waals surface area contributed by atoms with Gasteiger partial charge >= 0.3 is 0 Å². The Hall–Kier alpha value is -1.27. The second kappa shape index (κ2) is 6.23. The largest absolute Gasteiger partial charge is 0.451 e. The van der Waals surface area contributed by atoms with E-state index < -0.39 is 0 Å². The zero-order chi connectivity index (χ0) is 14.8. The lowest BCUT2D eigenvalue weighted by Gasteiger charge is -2.06. The van der Waals surface area contributed by atoms with E-state index in [1.165, 1.54) is 0 Å². The maximum absolute atomic E-state index is 11.9. The summed E-state index contributed by atoms with van der Waals surface area (Å²) >= 11 is 6.69. The predicted octanol–water partition coefficient (Wildman–Crippen LogP) is 4.31. The molecule has 0 saturated heterocycles. The molecule has 3 rings (SSSR count). The molecule has 1 aliphatic carbocycles. The Morgan fingerprint density at radius 2 is 1.95 bits per heavy atom. The standard InChI is InChI=1S/C15H14Br2N2O2/c16-13-7-12(21-14(13)17)8-18-10-3-1-9(2-4-10)15(20)19-11-5-6-11/h1-4,7,11,18H,5-6,8H2,(H,19,20). The highest BCUT2D eigenvalue weighted by molar-refractivity contribution is 9.13. The molecule has 0 atom stereocenters. The molecule has 6 heteroatoms. The van der Waals surface area contributed by atoms with E-state index in [9.17, 15) is 4.79 Å². The topological polar surface area (TPSA) is 54.3 Å². The van der Waals surface area contributed by atoms with E-state index in [1.807, 2.05) is 30.3 Å². The van der Waals surface area contributed by atoms with Crippen molar-refractivity contribution in [1.82, 2.24) is 5.32 Å². The SMILES string of the molecule is O=C(NC1CC1)c1ccc(NCc2cc(Br)c(Br)o2)cc1. The molecule has 2 aromatic rings. The van der Waals surface area contributed by atoms with E-state index in [-0.39, 0.29) is 5.91 Å². The smallest absolute Gasteiger partial charge is 0.251 e. The zero-order valence-corrected chi connectivity index (χ0v) is 14.3. The third-order valence-electron chi connectivity index (χ3n) is 3.22. The molecular formula is C15H14Br2N2O2. The number of hydrogen-bond acceptors (Lipinski definition) is 3. The van der Waals surface area contributed by atoms with Crippen LogP contribution in [0.3, 0.4) is 0 Å². The Labute approximate surface area is 139 Å². The molecule has 1 aromatic heterocycles. The van der Waals surface area contributed by atoms with E-state index >= 15 is 0 Å². The van der Waals surface area contributed by atoms with Crippen LogP contribution in [0, 0.1) is 0 Å². The molecule has 0 bridgehead atoms. The summed E-state index contributed by atoms with van der Waals surface area (Å²) in [6.45, 7) is 0.581. The maximum atomic E-state index is 11.9. The summed E-state index contributed by atoms with van der Waals surface area (Å²) in [7, 11) is 0. The van der Waals surface area contributed by atoms with Gasteiger partial charge < -0.3 is 15.1 Å². The number of halogens is 2. The van der Waals surface area contributed by atoms with Gasteiger partial charge in [-0.05, 0) is 75.0 Å². The number of amides is 1. The van der Waals surface area contributed by atoms with Crippen molar-refractivity contribution in [3.05, 3.63) is 50.8 Å². The highest BCUT2D eigenvalue weighted by Crippen LogP contribution is 2.27. The van der Waals surface area contributed by atoms with Crippen LogP contribution in [0.4, 0.5) is 5.69 Å². The number of hydrogen-bond donors (Lipinski definition) is 2. The molecule has 110 valence electrons. The van der Waals surface area contributed by atoms with E-state index in [0.29, 0.717) is 22.8 Å². The number of carbonyl (C=O) groups is 1. The summed E-state index contributed by atoms with van der Waals surface area (Å²) in [5.41, 5.74) is 1.64. The Kier molecular flexibility index (Phi) is 4.35. The first-order valence-corrected chi connectivity index (χ1v) is 8.29. The van der Waals surface area contributed by atoms with Gasteiger partial charge in [-0.15, -0.1) is 0 Å². The average molecular weight is 414 g/mol. The quantitative estimate of drug-likeness (QED) is 0.767. The summed E-state index contributed by atoms with van der Waals surface area (Å²) in [5.74, 6) is 0.826. The molecule has 21 heavy (non-hydrogen) atoms. The van der Waals surface area contributed by atoms with Crippen molar-refractivity contribution in [2.24, 2.45) is 0 Å². The third kappa shape index (κ3) is 3.89. The second-order valence-electron chi connectivity index (χ2n) is 5.01. The van der Waals surface area contributed by atoms with Crippen molar-refractivity contribution in [1.29, 1.82) is 0 Å². The molecule has 0 radical (unpaired) electrons. The summed E-state index contributed by atoms with van der Waals surface area (Å²) in [4.78, 5) is 11.9. The van der Waals surface area contributed by atoms with Crippen LogP contribution in [0.1, 0.15) is 29.0 Å². The molecular weight excluding hydrogens is 400 g/mol. The van der Waals surface area contributed by atoms with Gasteiger partial charge in [0.2, 0.25) is 0 Å². The number of anilines is 1. The lowest BCUT2D eigenvalue weighted by Crippen LogP contribution is -2.25. The van der Waals surface area contributed by atoms with Gasteiger partial charge in [-0.25, -0.2) is 0 Å². The number of nitrogens with one attached hydrogen (secondary N) is 2. The lowest BCUT2D eigenvalue weighted by atomic mass is 10.2. The minimum atomic E-state index is 0.00273. The van der Waals surface area contributed by atoms with Crippen molar-refractivity contribution < 1.29 is 9.21 Å². The number of carbonyl (C=O) groups excluding carboxylic acids is 1. The molecule has 0 aliphatic heterocycles. The Morgan fingerprint density at radius 1 is 1.24 bits per heavy atom. The highest BCUT2D eigenvalue weighted by Gasteiger charge is 2.23. The minimum absolute atomic E-state index is 0.00273. The van der Waals surface area contributed by atoms with Crippen LogP contribution in [0.2, 0.25) is 0 Å². The van der Waals surface area contributed by atoms with Crippen LogP contribution in [0.5, 0.6) is 0 Å². The first kappa shape index (κ1) is 14.7. The first-order valence-electron chi connectivity index (χ1n) is 6.70. The van der Waals surface area contributed by atoms with Gasteiger partial charge in [0.1, 0.15) is 5.76 Å². The predicted molar refractivity (Wildman–Crippen MR) is 88.4 cm³/mol. The van der Waals surface area contributed by atoms with E-state index in [1.54, 1.807) is 0 Å². The third-order valence-corrected chi connectivity index (χ3v) is 4.93. The molecule has 1 saturated carbocycles. The molecule has 0 unspecified atom stereocenters. The molecule has 1 heterocycles. The highest BCUT2D eigenvalue weighted by atomic mass is 79.9. The molecule has 1 aliphatic rings. The fourth-order valence-electron chi connectivity index (χ4n) is 1.90. The Morgan fingerprint density at radius 3 is 2.52 bits per heavy atom. The minimum Gasteiger partial charge on any atom is -0.451 e. The molecule has 4 nitrogen and oxygen atoms in total. The van der Waals surface area contributed by atoms with Gasteiger partial charge in [0.25, 0.3) is 5.91 Å². The van der Waals surface area contributed by atoms with Gasteiger partial charge in [-0.3, -0.25) is 4.79 Å². The van der Waals surface area contributed by atoms with Crippen molar-refractivity contribution in [3.8, 4) is 0 Å². The van der Waals surface area contributed by atoms with Gasteiger partial charge in [-0.1, -0.05) is 0 Å². The molecule has 1 aromatic carbocycles. The first-order chi connectivity index (χ1) is 10.1. The second-order valence-corrected chi connectivity index (χ2v) is 6.59. The Balaban J connectivity index is 1.57. The maximum Gasteiger partial charge on any atom is 0.251 e. The van der Waals surface area contributed by atoms with Crippen molar-refractivity contribution >= 4 is 43.5 Å². The van der Waals surface area contributed by atoms with Gasteiger partial charge in [0.05, 0.1) is 11.0 Å². The molecule has 2 N–H and O–H groups in total. The fraction of sp³-hybridized carbons (Fsp3) is 0.267.